The van der Waals surface area contributed by atoms with Gasteiger partial charge in [-0.3, -0.25) is 0 Å². The van der Waals surface area contributed by atoms with E-state index < -0.39 is 5.97 Å². The smallest absolute Gasteiger partial charge is 0.336 e. The van der Waals surface area contributed by atoms with E-state index in [2.05, 4.69) is 13.8 Å². The van der Waals surface area contributed by atoms with Crippen LogP contribution in [-0.2, 0) is 4.79 Å². The van der Waals surface area contributed by atoms with Gasteiger partial charge >= 0.3 is 5.97 Å². The van der Waals surface area contributed by atoms with Gasteiger partial charge in [0.2, 0.25) is 0 Å². The van der Waals surface area contributed by atoms with E-state index in [0.717, 1.165) is 5.56 Å². The number of phenolic OH excluding ortho intramolecular Hbond substituents is 1. The SMILES string of the molecule is CC(C)COc1cccc(/C=C(\C(=O)O)c2cccc(O)c2)c1. The van der Waals surface area contributed by atoms with Crippen molar-refractivity contribution in [3.05, 3.63) is 59.7 Å². The first kappa shape index (κ1) is 16.6. The summed E-state index contributed by atoms with van der Waals surface area (Å²) in [6.45, 7) is 4.73. The van der Waals surface area contributed by atoms with Gasteiger partial charge in [-0.1, -0.05) is 38.1 Å². The van der Waals surface area contributed by atoms with Crippen molar-refractivity contribution in [1.29, 1.82) is 0 Å². The number of hydrogen-bond donors (Lipinski definition) is 2. The van der Waals surface area contributed by atoms with Gasteiger partial charge < -0.3 is 14.9 Å². The monoisotopic (exact) mass is 312 g/mol. The van der Waals surface area contributed by atoms with Gasteiger partial charge in [0.05, 0.1) is 12.2 Å². The second-order valence-corrected chi connectivity index (χ2v) is 5.69. The molecule has 0 unspecified atom stereocenters. The minimum atomic E-state index is -1.05. The first-order chi connectivity index (χ1) is 11.0. The highest BCUT2D eigenvalue weighted by molar-refractivity contribution is 6.20. The van der Waals surface area contributed by atoms with Crippen molar-refractivity contribution in [1.82, 2.24) is 0 Å². The maximum absolute atomic E-state index is 11.5. The van der Waals surface area contributed by atoms with Gasteiger partial charge in [0, 0.05) is 0 Å². The molecular weight excluding hydrogens is 292 g/mol. The molecule has 0 bridgehead atoms. The summed E-state index contributed by atoms with van der Waals surface area (Å²) in [5.41, 5.74) is 1.29. The summed E-state index contributed by atoms with van der Waals surface area (Å²) in [6.07, 6.45) is 1.57. The molecule has 0 aromatic heterocycles. The summed E-state index contributed by atoms with van der Waals surface area (Å²) < 4.78 is 5.66. The zero-order chi connectivity index (χ0) is 16.8. The average Bonchev–Trinajstić information content (AvgIpc) is 2.51. The molecule has 0 fully saturated rings. The largest absolute Gasteiger partial charge is 0.508 e. The van der Waals surface area contributed by atoms with Crippen molar-refractivity contribution in [2.24, 2.45) is 5.92 Å². The maximum Gasteiger partial charge on any atom is 0.336 e. The van der Waals surface area contributed by atoms with Crippen molar-refractivity contribution in [3.8, 4) is 11.5 Å². The Bertz CT molecular complexity index is 717. The molecule has 2 aromatic rings. The van der Waals surface area contributed by atoms with Crippen molar-refractivity contribution in [2.45, 2.75) is 13.8 Å². The summed E-state index contributed by atoms with van der Waals surface area (Å²) in [5, 5.41) is 19.0. The third kappa shape index (κ3) is 4.88. The van der Waals surface area contributed by atoms with Crippen molar-refractivity contribution >= 4 is 17.6 Å². The first-order valence-corrected chi connectivity index (χ1v) is 7.43. The van der Waals surface area contributed by atoms with E-state index in [-0.39, 0.29) is 11.3 Å². The fraction of sp³-hybridized carbons (Fsp3) is 0.211. The van der Waals surface area contributed by atoms with E-state index in [1.54, 1.807) is 24.3 Å². The molecule has 4 nitrogen and oxygen atoms in total. The third-order valence-corrected chi connectivity index (χ3v) is 3.14. The van der Waals surface area contributed by atoms with Crippen LogP contribution in [0.3, 0.4) is 0 Å². The minimum absolute atomic E-state index is 0.0312. The standard InChI is InChI=1S/C19H20O4/c1-13(2)12-23-17-8-3-5-14(9-17)10-18(19(21)22)15-6-4-7-16(20)11-15/h3-11,13,20H,12H2,1-2H3,(H,21,22)/b18-10-. The molecule has 2 rings (SSSR count). The van der Waals surface area contributed by atoms with Gasteiger partial charge in [0.1, 0.15) is 11.5 Å². The topological polar surface area (TPSA) is 66.8 Å². The molecule has 0 heterocycles. The number of carboxylic acids is 1. The molecule has 23 heavy (non-hydrogen) atoms. The number of aliphatic carboxylic acids is 1. The molecule has 0 saturated heterocycles. The Morgan fingerprint density at radius 2 is 1.91 bits per heavy atom. The van der Waals surface area contributed by atoms with E-state index in [9.17, 15) is 15.0 Å². The lowest BCUT2D eigenvalue weighted by Gasteiger charge is -2.09. The summed E-state index contributed by atoms with van der Waals surface area (Å²) in [7, 11) is 0. The minimum Gasteiger partial charge on any atom is -0.508 e. The van der Waals surface area contributed by atoms with Crippen LogP contribution in [0.2, 0.25) is 0 Å². The Morgan fingerprint density at radius 3 is 2.57 bits per heavy atom. The molecule has 0 aliphatic rings. The lowest BCUT2D eigenvalue weighted by molar-refractivity contribution is -0.130. The fourth-order valence-electron chi connectivity index (χ4n) is 2.07. The van der Waals surface area contributed by atoms with Gasteiger partial charge in [-0.05, 0) is 47.4 Å². The van der Waals surface area contributed by atoms with Crippen LogP contribution in [0.15, 0.2) is 48.5 Å². The van der Waals surface area contributed by atoms with E-state index in [4.69, 9.17) is 4.74 Å². The molecule has 120 valence electrons. The fourth-order valence-corrected chi connectivity index (χ4v) is 2.07. The summed E-state index contributed by atoms with van der Waals surface area (Å²) >= 11 is 0. The molecule has 4 heteroatoms. The normalized spacial score (nSPS) is 11.5. The highest BCUT2D eigenvalue weighted by Crippen LogP contribution is 2.24. The van der Waals surface area contributed by atoms with Gasteiger partial charge in [-0.2, -0.15) is 0 Å². The number of phenols is 1. The molecular formula is C19H20O4. The Kier molecular flexibility index (Phi) is 5.41. The van der Waals surface area contributed by atoms with E-state index in [1.165, 1.54) is 12.1 Å². The maximum atomic E-state index is 11.5. The zero-order valence-electron chi connectivity index (χ0n) is 13.2. The number of hydrogen-bond acceptors (Lipinski definition) is 3. The Balaban J connectivity index is 2.33. The third-order valence-electron chi connectivity index (χ3n) is 3.14. The summed E-state index contributed by atoms with van der Waals surface area (Å²) in [4.78, 5) is 11.5. The van der Waals surface area contributed by atoms with Crippen LogP contribution >= 0.6 is 0 Å². The second kappa shape index (κ2) is 7.49. The molecule has 0 spiro atoms. The van der Waals surface area contributed by atoms with Crippen molar-refractivity contribution in [3.63, 3.8) is 0 Å². The highest BCUT2D eigenvalue weighted by Gasteiger charge is 2.11. The van der Waals surface area contributed by atoms with Crippen LogP contribution in [0.4, 0.5) is 0 Å². The number of benzene rings is 2. The van der Waals surface area contributed by atoms with Crippen LogP contribution in [0.25, 0.3) is 11.6 Å². The predicted octanol–water partition coefficient (Wildman–Crippen LogP) is 4.05. The number of carbonyl (C=O) groups is 1. The number of rotatable bonds is 6. The quantitative estimate of drug-likeness (QED) is 0.624. The molecule has 0 atom stereocenters. The molecule has 0 radical (unpaired) electrons. The average molecular weight is 312 g/mol. The highest BCUT2D eigenvalue weighted by atomic mass is 16.5. The van der Waals surface area contributed by atoms with Crippen LogP contribution in [-0.4, -0.2) is 22.8 Å². The van der Waals surface area contributed by atoms with Crippen LogP contribution in [0.1, 0.15) is 25.0 Å². The molecule has 2 aromatic carbocycles. The van der Waals surface area contributed by atoms with E-state index in [0.29, 0.717) is 23.8 Å². The van der Waals surface area contributed by atoms with Crippen molar-refractivity contribution < 1.29 is 19.7 Å². The summed E-state index contributed by atoms with van der Waals surface area (Å²) in [6, 6.07) is 13.5. The predicted molar refractivity (Wildman–Crippen MR) is 90.4 cm³/mol. The molecule has 0 aliphatic heterocycles. The molecule has 0 saturated carbocycles. The van der Waals surface area contributed by atoms with E-state index >= 15 is 0 Å². The van der Waals surface area contributed by atoms with Gasteiger partial charge in [0.25, 0.3) is 0 Å². The number of carboxylic acid groups (broad SMARTS) is 1. The molecule has 2 N–H and O–H groups in total. The van der Waals surface area contributed by atoms with Gasteiger partial charge in [-0.25, -0.2) is 4.79 Å². The van der Waals surface area contributed by atoms with Crippen LogP contribution < -0.4 is 4.74 Å². The van der Waals surface area contributed by atoms with Gasteiger partial charge in [-0.15, -0.1) is 0 Å². The van der Waals surface area contributed by atoms with E-state index in [1.807, 2.05) is 18.2 Å². The van der Waals surface area contributed by atoms with Crippen molar-refractivity contribution in [2.75, 3.05) is 6.61 Å². The van der Waals surface area contributed by atoms with Crippen LogP contribution in [0.5, 0.6) is 11.5 Å². The zero-order valence-corrected chi connectivity index (χ0v) is 13.2. The summed E-state index contributed by atoms with van der Waals surface area (Å²) in [5.74, 6) is 0.0944. The first-order valence-electron chi connectivity index (χ1n) is 7.43. The number of ether oxygens (including phenoxy) is 1. The lowest BCUT2D eigenvalue weighted by atomic mass is 10.0. The van der Waals surface area contributed by atoms with Gasteiger partial charge in [0.15, 0.2) is 0 Å². The second-order valence-electron chi connectivity index (χ2n) is 5.69. The molecule has 0 amide bonds. The molecule has 0 aliphatic carbocycles. The number of aromatic hydroxyl groups is 1. The Hall–Kier alpha value is -2.75. The lowest BCUT2D eigenvalue weighted by Crippen LogP contribution is -2.04. The Labute approximate surface area is 135 Å². The van der Waals surface area contributed by atoms with Crippen LogP contribution in [0, 0.1) is 5.92 Å². The Morgan fingerprint density at radius 1 is 1.17 bits per heavy atom.